The minimum absolute atomic E-state index is 0.145. The smallest absolute Gasteiger partial charge is 0.416 e. The molecule has 0 aliphatic rings. The molecule has 4 nitrogen and oxygen atoms in total. The number of anilines is 2. The lowest BCUT2D eigenvalue weighted by molar-refractivity contribution is -0.137. The first-order chi connectivity index (χ1) is 14.6. The Kier molecular flexibility index (Phi) is 6.80. The number of nitrogens with one attached hydrogen (secondary N) is 2. The van der Waals surface area contributed by atoms with E-state index < -0.39 is 11.7 Å². The van der Waals surface area contributed by atoms with Gasteiger partial charge >= 0.3 is 6.18 Å². The van der Waals surface area contributed by atoms with Gasteiger partial charge in [-0.05, 0) is 67.9 Å². The number of thiocarbonyl (C=S) groups is 1. The number of aromatic nitrogens is 1. The molecule has 0 fully saturated rings. The fourth-order valence-electron chi connectivity index (χ4n) is 3.03. The summed E-state index contributed by atoms with van der Waals surface area (Å²) in [6.07, 6.45) is -4.42. The highest BCUT2D eigenvalue weighted by atomic mass is 32.1. The maximum Gasteiger partial charge on any atom is 0.416 e. The number of aryl methyl sites for hydroxylation is 1. The summed E-state index contributed by atoms with van der Waals surface area (Å²) in [5.41, 5.74) is 2.97. The number of rotatable bonds is 5. The SMILES string of the molecule is Cc1nc(NC(=S)Nc2cccc(C(F)(F)F)c2)c(C)c(C)c1OCc1ccccc1. The van der Waals surface area contributed by atoms with Crippen molar-refractivity contribution < 1.29 is 17.9 Å². The van der Waals surface area contributed by atoms with E-state index in [1.807, 2.05) is 51.1 Å². The summed E-state index contributed by atoms with van der Waals surface area (Å²) in [7, 11) is 0. The zero-order valence-corrected chi connectivity index (χ0v) is 18.1. The Labute approximate surface area is 184 Å². The van der Waals surface area contributed by atoms with Crippen LogP contribution in [0.1, 0.15) is 27.9 Å². The summed E-state index contributed by atoms with van der Waals surface area (Å²) < 4.78 is 44.7. The van der Waals surface area contributed by atoms with Gasteiger partial charge in [-0.25, -0.2) is 4.98 Å². The number of benzene rings is 2. The van der Waals surface area contributed by atoms with Crippen LogP contribution in [0.2, 0.25) is 0 Å². The van der Waals surface area contributed by atoms with Crippen LogP contribution in [0.15, 0.2) is 54.6 Å². The van der Waals surface area contributed by atoms with Gasteiger partial charge in [-0.2, -0.15) is 13.2 Å². The van der Waals surface area contributed by atoms with E-state index in [0.717, 1.165) is 28.8 Å². The van der Waals surface area contributed by atoms with E-state index in [4.69, 9.17) is 17.0 Å². The van der Waals surface area contributed by atoms with E-state index in [1.165, 1.54) is 12.1 Å². The van der Waals surface area contributed by atoms with Gasteiger partial charge in [-0.15, -0.1) is 0 Å². The predicted octanol–water partition coefficient (Wildman–Crippen LogP) is 6.41. The fraction of sp³-hybridized carbons (Fsp3) is 0.217. The molecule has 0 unspecified atom stereocenters. The monoisotopic (exact) mass is 445 g/mol. The molecule has 0 atom stereocenters. The number of pyridine rings is 1. The highest BCUT2D eigenvalue weighted by Crippen LogP contribution is 2.31. The van der Waals surface area contributed by atoms with E-state index in [2.05, 4.69) is 15.6 Å². The van der Waals surface area contributed by atoms with E-state index in [0.29, 0.717) is 23.9 Å². The lowest BCUT2D eigenvalue weighted by atomic mass is 10.1. The zero-order valence-electron chi connectivity index (χ0n) is 17.3. The first-order valence-electron chi connectivity index (χ1n) is 9.55. The second kappa shape index (κ2) is 9.34. The third-order valence-corrected chi connectivity index (χ3v) is 4.98. The quantitative estimate of drug-likeness (QED) is 0.444. The van der Waals surface area contributed by atoms with Gasteiger partial charge in [0.05, 0.1) is 11.3 Å². The van der Waals surface area contributed by atoms with E-state index in [9.17, 15) is 13.2 Å². The molecule has 162 valence electrons. The summed E-state index contributed by atoms with van der Waals surface area (Å²) in [5, 5.41) is 5.90. The van der Waals surface area contributed by atoms with Crippen molar-refractivity contribution in [3.63, 3.8) is 0 Å². The summed E-state index contributed by atoms with van der Waals surface area (Å²) >= 11 is 5.27. The summed E-state index contributed by atoms with van der Waals surface area (Å²) in [5.74, 6) is 1.22. The van der Waals surface area contributed by atoms with Crippen LogP contribution in [-0.2, 0) is 12.8 Å². The summed E-state index contributed by atoms with van der Waals surface area (Å²) in [6, 6.07) is 14.7. The van der Waals surface area contributed by atoms with Gasteiger partial charge in [-0.3, -0.25) is 0 Å². The van der Waals surface area contributed by atoms with Crippen LogP contribution in [0.25, 0.3) is 0 Å². The highest BCUT2D eigenvalue weighted by molar-refractivity contribution is 7.80. The van der Waals surface area contributed by atoms with E-state index in [1.54, 1.807) is 0 Å². The number of hydrogen-bond donors (Lipinski definition) is 2. The molecule has 0 bridgehead atoms. The molecule has 3 aromatic rings. The van der Waals surface area contributed by atoms with Gasteiger partial charge in [-0.1, -0.05) is 36.4 Å². The Hall–Kier alpha value is -3.13. The molecule has 2 N–H and O–H groups in total. The zero-order chi connectivity index (χ0) is 22.6. The Bertz CT molecular complexity index is 1090. The van der Waals surface area contributed by atoms with Gasteiger partial charge in [0.2, 0.25) is 0 Å². The van der Waals surface area contributed by atoms with Crippen molar-refractivity contribution in [3.05, 3.63) is 82.5 Å². The van der Waals surface area contributed by atoms with Gasteiger partial charge in [0, 0.05) is 5.69 Å². The van der Waals surface area contributed by atoms with Crippen molar-refractivity contribution in [2.75, 3.05) is 10.6 Å². The van der Waals surface area contributed by atoms with Crippen LogP contribution in [0.4, 0.5) is 24.7 Å². The minimum atomic E-state index is -4.42. The molecule has 0 spiro atoms. The molecule has 0 saturated heterocycles. The molecule has 0 radical (unpaired) electrons. The van der Waals surface area contributed by atoms with E-state index in [-0.39, 0.29) is 10.8 Å². The number of nitrogens with zero attached hydrogens (tertiary/aromatic N) is 1. The Morgan fingerprint density at radius 2 is 1.68 bits per heavy atom. The number of halogens is 3. The van der Waals surface area contributed by atoms with Crippen molar-refractivity contribution in [3.8, 4) is 5.75 Å². The molecular formula is C23H22F3N3OS. The molecule has 1 heterocycles. The molecule has 3 rings (SSSR count). The molecule has 0 aliphatic heterocycles. The van der Waals surface area contributed by atoms with Crippen molar-refractivity contribution in [2.24, 2.45) is 0 Å². The van der Waals surface area contributed by atoms with Crippen LogP contribution in [0.3, 0.4) is 0 Å². The molecule has 1 aromatic heterocycles. The Morgan fingerprint density at radius 1 is 0.968 bits per heavy atom. The molecule has 0 amide bonds. The molecule has 8 heteroatoms. The second-order valence-corrected chi connectivity index (χ2v) is 7.47. The van der Waals surface area contributed by atoms with Crippen LogP contribution in [-0.4, -0.2) is 10.1 Å². The fourth-order valence-corrected chi connectivity index (χ4v) is 3.24. The first-order valence-corrected chi connectivity index (χ1v) is 9.95. The van der Waals surface area contributed by atoms with Crippen molar-refractivity contribution in [1.29, 1.82) is 0 Å². The van der Waals surface area contributed by atoms with Crippen molar-refractivity contribution in [2.45, 2.75) is 33.6 Å². The summed E-state index contributed by atoms with van der Waals surface area (Å²) in [4.78, 5) is 4.54. The summed E-state index contributed by atoms with van der Waals surface area (Å²) in [6.45, 7) is 6.07. The number of ether oxygens (including phenoxy) is 1. The van der Waals surface area contributed by atoms with Gasteiger partial charge < -0.3 is 15.4 Å². The normalized spacial score (nSPS) is 11.2. The topological polar surface area (TPSA) is 46.2 Å². The molecule has 0 saturated carbocycles. The van der Waals surface area contributed by atoms with Gasteiger partial charge in [0.15, 0.2) is 5.11 Å². The average molecular weight is 446 g/mol. The van der Waals surface area contributed by atoms with Crippen molar-refractivity contribution >= 4 is 28.8 Å². The second-order valence-electron chi connectivity index (χ2n) is 7.06. The third-order valence-electron chi connectivity index (χ3n) is 4.77. The standard InChI is InChI=1S/C23H22F3N3OS/c1-14-15(2)21(27-16(3)20(14)30-13-17-8-5-4-6-9-17)29-22(31)28-19-11-7-10-18(12-19)23(24,25)26/h4-12H,13H2,1-3H3,(H2,27,28,29,31). The largest absolute Gasteiger partial charge is 0.487 e. The lowest BCUT2D eigenvalue weighted by Crippen LogP contribution is -2.21. The Balaban J connectivity index is 1.72. The van der Waals surface area contributed by atoms with Crippen LogP contribution >= 0.6 is 12.2 Å². The molecule has 0 aliphatic carbocycles. The van der Waals surface area contributed by atoms with Gasteiger partial charge in [0.1, 0.15) is 18.2 Å². The van der Waals surface area contributed by atoms with E-state index >= 15 is 0 Å². The maximum absolute atomic E-state index is 12.9. The third kappa shape index (κ3) is 5.73. The number of alkyl halides is 3. The molecule has 2 aromatic carbocycles. The molecule has 31 heavy (non-hydrogen) atoms. The predicted molar refractivity (Wildman–Crippen MR) is 121 cm³/mol. The molecular weight excluding hydrogens is 423 g/mol. The average Bonchev–Trinajstić information content (AvgIpc) is 2.72. The maximum atomic E-state index is 12.9. The Morgan fingerprint density at radius 3 is 2.35 bits per heavy atom. The van der Waals surface area contributed by atoms with Crippen molar-refractivity contribution in [1.82, 2.24) is 4.98 Å². The minimum Gasteiger partial charge on any atom is -0.487 e. The number of hydrogen-bond acceptors (Lipinski definition) is 3. The lowest BCUT2D eigenvalue weighted by Gasteiger charge is -2.18. The van der Waals surface area contributed by atoms with Crippen LogP contribution in [0.5, 0.6) is 5.75 Å². The van der Waals surface area contributed by atoms with Crippen LogP contribution < -0.4 is 15.4 Å². The van der Waals surface area contributed by atoms with Gasteiger partial charge in [0.25, 0.3) is 0 Å². The first kappa shape index (κ1) is 22.6. The highest BCUT2D eigenvalue weighted by Gasteiger charge is 2.30. The van der Waals surface area contributed by atoms with Crippen LogP contribution in [0, 0.1) is 20.8 Å².